The van der Waals surface area contributed by atoms with E-state index in [1.807, 2.05) is 22.9 Å². The molecule has 0 bridgehead atoms. The van der Waals surface area contributed by atoms with Gasteiger partial charge in [0.2, 0.25) is 0 Å². The Morgan fingerprint density at radius 1 is 1.19 bits per heavy atom. The highest BCUT2D eigenvalue weighted by Crippen LogP contribution is 2.28. The van der Waals surface area contributed by atoms with Gasteiger partial charge in [-0.2, -0.15) is 0 Å². The van der Waals surface area contributed by atoms with Gasteiger partial charge in [-0.05, 0) is 41.5 Å². The Balaban J connectivity index is 2.35. The van der Waals surface area contributed by atoms with E-state index in [0.29, 0.717) is 11.7 Å². The first kappa shape index (κ1) is 15.9. The Morgan fingerprint density at radius 2 is 2.00 bits per heavy atom. The van der Waals surface area contributed by atoms with Gasteiger partial charge < -0.3 is 5.73 Å². The number of nitrogen functional groups attached to an aromatic ring is 1. The van der Waals surface area contributed by atoms with Gasteiger partial charge in [-0.1, -0.05) is 49.0 Å². The summed E-state index contributed by atoms with van der Waals surface area (Å²) in [5.74, 6) is 0.789. The second kappa shape index (κ2) is 7.54. The summed E-state index contributed by atoms with van der Waals surface area (Å²) < 4.78 is 2.90. The number of anilines is 1. The lowest BCUT2D eigenvalue weighted by Crippen LogP contribution is -2.12. The molecule has 0 aliphatic carbocycles. The van der Waals surface area contributed by atoms with Gasteiger partial charge in [0.15, 0.2) is 5.82 Å². The van der Waals surface area contributed by atoms with Gasteiger partial charge in [-0.3, -0.25) is 0 Å². The second-order valence-corrected chi connectivity index (χ2v) is 6.22. The summed E-state index contributed by atoms with van der Waals surface area (Å²) in [4.78, 5) is 0. The maximum Gasteiger partial charge on any atom is 0.182 e. The highest BCUT2D eigenvalue weighted by molar-refractivity contribution is 9.10. The zero-order valence-corrected chi connectivity index (χ0v) is 14.2. The number of hydrogen-bond acceptors (Lipinski definition) is 4. The molecule has 6 heteroatoms. The van der Waals surface area contributed by atoms with Crippen LogP contribution in [-0.2, 0) is 0 Å². The standard InChI is InChI=1S/C15H22BrN5/c1-3-5-7-14(6-4-2)21-15(18-19-20-21)11-8-12(16)10-13(17)9-11/h8-10,14H,3-7,17H2,1-2H3. The molecule has 2 N–H and O–H groups in total. The van der Waals surface area contributed by atoms with Crippen LogP contribution in [0.15, 0.2) is 22.7 Å². The molecule has 0 fully saturated rings. The molecule has 21 heavy (non-hydrogen) atoms. The van der Waals surface area contributed by atoms with E-state index in [1.165, 1.54) is 12.8 Å². The first-order valence-electron chi connectivity index (χ1n) is 7.50. The Bertz CT molecular complexity index is 561. The molecule has 1 aromatic heterocycles. The van der Waals surface area contributed by atoms with Gasteiger partial charge in [0.05, 0.1) is 6.04 Å². The van der Waals surface area contributed by atoms with E-state index >= 15 is 0 Å². The summed E-state index contributed by atoms with van der Waals surface area (Å²) in [5.41, 5.74) is 7.57. The third-order valence-corrected chi connectivity index (χ3v) is 3.99. The summed E-state index contributed by atoms with van der Waals surface area (Å²) in [5, 5.41) is 12.3. The molecular weight excluding hydrogens is 330 g/mol. The number of tetrazole rings is 1. The molecule has 0 aliphatic heterocycles. The van der Waals surface area contributed by atoms with E-state index in [1.54, 1.807) is 0 Å². The van der Waals surface area contributed by atoms with Crippen LogP contribution in [0.5, 0.6) is 0 Å². The zero-order chi connectivity index (χ0) is 15.2. The third kappa shape index (κ3) is 4.03. The summed E-state index contributed by atoms with van der Waals surface area (Å²) in [6, 6.07) is 6.13. The molecule has 0 radical (unpaired) electrons. The lowest BCUT2D eigenvalue weighted by atomic mass is 10.0. The predicted octanol–water partition coefficient (Wildman–Crippen LogP) is 4.22. The average Bonchev–Trinajstić information content (AvgIpc) is 2.91. The fourth-order valence-corrected chi connectivity index (χ4v) is 3.04. The molecule has 1 unspecified atom stereocenters. The Morgan fingerprint density at radius 3 is 2.67 bits per heavy atom. The van der Waals surface area contributed by atoms with Crippen LogP contribution < -0.4 is 5.73 Å². The third-order valence-electron chi connectivity index (χ3n) is 3.53. The summed E-state index contributed by atoms with van der Waals surface area (Å²) in [7, 11) is 0. The van der Waals surface area contributed by atoms with Gasteiger partial charge in [-0.25, -0.2) is 4.68 Å². The van der Waals surface area contributed by atoms with Crippen molar-refractivity contribution in [1.82, 2.24) is 20.2 Å². The maximum atomic E-state index is 5.92. The molecule has 1 atom stereocenters. The molecule has 114 valence electrons. The molecule has 0 spiro atoms. The molecule has 0 saturated heterocycles. The van der Waals surface area contributed by atoms with Crippen molar-refractivity contribution in [2.75, 3.05) is 5.73 Å². The number of benzene rings is 1. The minimum absolute atomic E-state index is 0.347. The summed E-state index contributed by atoms with van der Waals surface area (Å²) in [6.07, 6.45) is 5.67. The van der Waals surface area contributed by atoms with E-state index in [-0.39, 0.29) is 0 Å². The first-order chi connectivity index (χ1) is 10.2. The first-order valence-corrected chi connectivity index (χ1v) is 8.29. The lowest BCUT2D eigenvalue weighted by molar-refractivity contribution is 0.380. The van der Waals surface area contributed by atoms with E-state index in [4.69, 9.17) is 5.73 Å². The number of halogens is 1. The van der Waals surface area contributed by atoms with E-state index in [2.05, 4.69) is 45.3 Å². The smallest absolute Gasteiger partial charge is 0.182 e. The van der Waals surface area contributed by atoms with Crippen molar-refractivity contribution in [1.29, 1.82) is 0 Å². The second-order valence-electron chi connectivity index (χ2n) is 5.31. The van der Waals surface area contributed by atoms with Gasteiger partial charge in [0, 0.05) is 15.7 Å². The minimum Gasteiger partial charge on any atom is -0.399 e. The van der Waals surface area contributed by atoms with Crippen molar-refractivity contribution in [3.63, 3.8) is 0 Å². The van der Waals surface area contributed by atoms with Gasteiger partial charge in [0.25, 0.3) is 0 Å². The molecule has 5 nitrogen and oxygen atoms in total. The average molecular weight is 352 g/mol. The number of nitrogens with two attached hydrogens (primary N) is 1. The minimum atomic E-state index is 0.347. The number of hydrogen-bond donors (Lipinski definition) is 1. The van der Waals surface area contributed by atoms with Gasteiger partial charge in [0.1, 0.15) is 0 Å². The maximum absolute atomic E-state index is 5.92. The molecule has 0 saturated carbocycles. The molecule has 2 aromatic rings. The quantitative estimate of drug-likeness (QED) is 0.758. The Hall–Kier alpha value is -1.43. The monoisotopic (exact) mass is 351 g/mol. The van der Waals surface area contributed by atoms with Gasteiger partial charge in [-0.15, -0.1) is 5.10 Å². The van der Waals surface area contributed by atoms with Crippen LogP contribution in [0.25, 0.3) is 11.4 Å². The van der Waals surface area contributed by atoms with Crippen molar-refractivity contribution < 1.29 is 0 Å². The Labute approximate surface area is 134 Å². The highest BCUT2D eigenvalue weighted by Gasteiger charge is 2.18. The zero-order valence-electron chi connectivity index (χ0n) is 12.6. The van der Waals surface area contributed by atoms with Crippen LogP contribution in [0.2, 0.25) is 0 Å². The van der Waals surface area contributed by atoms with Crippen molar-refractivity contribution in [3.05, 3.63) is 22.7 Å². The SMILES string of the molecule is CCCCC(CCC)n1nnnc1-c1cc(N)cc(Br)c1. The van der Waals surface area contributed by atoms with Crippen molar-refractivity contribution in [2.45, 2.75) is 52.0 Å². The van der Waals surface area contributed by atoms with Crippen LogP contribution in [-0.4, -0.2) is 20.2 Å². The van der Waals surface area contributed by atoms with Crippen LogP contribution >= 0.6 is 15.9 Å². The summed E-state index contributed by atoms with van der Waals surface area (Å²) in [6.45, 7) is 4.40. The van der Waals surface area contributed by atoms with Crippen LogP contribution in [0, 0.1) is 0 Å². The van der Waals surface area contributed by atoms with Crippen LogP contribution in [0.4, 0.5) is 5.69 Å². The van der Waals surface area contributed by atoms with Crippen molar-refractivity contribution in [3.8, 4) is 11.4 Å². The Kier molecular flexibility index (Phi) is 5.73. The largest absolute Gasteiger partial charge is 0.399 e. The highest BCUT2D eigenvalue weighted by atomic mass is 79.9. The van der Waals surface area contributed by atoms with E-state index in [9.17, 15) is 0 Å². The number of nitrogens with zero attached hydrogens (tertiary/aromatic N) is 4. The van der Waals surface area contributed by atoms with Gasteiger partial charge >= 0.3 is 0 Å². The van der Waals surface area contributed by atoms with Crippen molar-refractivity contribution >= 4 is 21.6 Å². The molecule has 1 aromatic carbocycles. The van der Waals surface area contributed by atoms with E-state index < -0.39 is 0 Å². The molecule has 1 heterocycles. The molecular formula is C15H22BrN5. The fourth-order valence-electron chi connectivity index (χ4n) is 2.53. The molecule has 2 rings (SSSR count). The van der Waals surface area contributed by atoms with Crippen LogP contribution in [0.1, 0.15) is 52.0 Å². The van der Waals surface area contributed by atoms with E-state index in [0.717, 1.165) is 35.1 Å². The number of aromatic nitrogens is 4. The molecule has 0 amide bonds. The topological polar surface area (TPSA) is 69.6 Å². The fraction of sp³-hybridized carbons (Fsp3) is 0.533. The van der Waals surface area contributed by atoms with Crippen molar-refractivity contribution in [2.24, 2.45) is 0 Å². The summed E-state index contributed by atoms with van der Waals surface area (Å²) >= 11 is 3.47. The number of rotatable bonds is 7. The normalized spacial score (nSPS) is 12.5. The predicted molar refractivity (Wildman–Crippen MR) is 88.8 cm³/mol. The number of unbranched alkanes of at least 4 members (excludes halogenated alkanes) is 1. The molecule has 0 aliphatic rings. The lowest BCUT2D eigenvalue weighted by Gasteiger charge is -2.17. The van der Waals surface area contributed by atoms with Crippen LogP contribution in [0.3, 0.4) is 0 Å².